The van der Waals surface area contributed by atoms with E-state index in [1.165, 1.54) is 7.11 Å². The van der Waals surface area contributed by atoms with Crippen LogP contribution in [0, 0.1) is 20.8 Å². The molecular formula is C33H37N9O3. The topological polar surface area (TPSA) is 130 Å². The molecule has 0 saturated carbocycles. The van der Waals surface area contributed by atoms with E-state index in [1.807, 2.05) is 62.7 Å². The Kier molecular flexibility index (Phi) is 8.12. The summed E-state index contributed by atoms with van der Waals surface area (Å²) in [6.07, 6.45) is 4.93. The van der Waals surface area contributed by atoms with Crippen LogP contribution in [0.25, 0.3) is 22.1 Å². The number of carbonyl (C=O) groups excluding carboxylic acids is 1. The second-order valence-corrected chi connectivity index (χ2v) is 10.8. The monoisotopic (exact) mass is 607 g/mol. The first-order valence-electron chi connectivity index (χ1n) is 15.0. The zero-order chi connectivity index (χ0) is 31.7. The Labute approximate surface area is 260 Å². The Hall–Kier alpha value is -5.39. The van der Waals surface area contributed by atoms with Crippen LogP contribution in [0.15, 0.2) is 59.0 Å². The van der Waals surface area contributed by atoms with Gasteiger partial charge in [0.1, 0.15) is 11.5 Å². The van der Waals surface area contributed by atoms with Crippen LogP contribution >= 0.6 is 0 Å². The van der Waals surface area contributed by atoms with E-state index in [2.05, 4.69) is 55.0 Å². The second kappa shape index (κ2) is 12.3. The Morgan fingerprint density at radius 3 is 2.42 bits per heavy atom. The van der Waals surface area contributed by atoms with Gasteiger partial charge in [-0.1, -0.05) is 31.2 Å². The molecule has 0 radical (unpaired) electrons. The SMILES string of the molecule is CCc1nc(C)oc1Nc1nc2cc(C(=O)OC)cc(C)c2n1C/C=C/Cn1c(Nc2cc(C)nn2CC)nc2ccccc21. The van der Waals surface area contributed by atoms with Gasteiger partial charge in [0.25, 0.3) is 0 Å². The fourth-order valence-corrected chi connectivity index (χ4v) is 5.61. The Bertz CT molecular complexity index is 2040. The summed E-state index contributed by atoms with van der Waals surface area (Å²) in [7, 11) is 1.38. The van der Waals surface area contributed by atoms with Crippen molar-refractivity contribution in [3.05, 3.63) is 83.0 Å². The third-order valence-corrected chi connectivity index (χ3v) is 7.66. The predicted molar refractivity (Wildman–Crippen MR) is 175 cm³/mol. The number of rotatable bonds is 11. The number of nitrogens with zero attached hydrogens (tertiary/aromatic N) is 7. The number of anilines is 4. The lowest BCUT2D eigenvalue weighted by Gasteiger charge is -2.11. The van der Waals surface area contributed by atoms with Crippen molar-refractivity contribution in [2.24, 2.45) is 0 Å². The van der Waals surface area contributed by atoms with E-state index in [0.717, 1.165) is 51.8 Å². The first-order chi connectivity index (χ1) is 21.8. The van der Waals surface area contributed by atoms with Crippen LogP contribution in [-0.4, -0.2) is 46.9 Å². The summed E-state index contributed by atoms with van der Waals surface area (Å²) in [5.41, 5.74) is 6.63. The molecule has 2 aromatic carbocycles. The number of benzene rings is 2. The lowest BCUT2D eigenvalue weighted by molar-refractivity contribution is 0.0600. The minimum atomic E-state index is -0.405. The van der Waals surface area contributed by atoms with Crippen LogP contribution in [0.5, 0.6) is 0 Å². The molecule has 6 aromatic rings. The number of ether oxygens (including phenoxy) is 1. The number of hydrogen-bond donors (Lipinski definition) is 2. The Morgan fingerprint density at radius 1 is 0.933 bits per heavy atom. The molecule has 0 amide bonds. The fraction of sp³-hybridized carbons (Fsp3) is 0.303. The highest BCUT2D eigenvalue weighted by atomic mass is 16.5. The van der Waals surface area contributed by atoms with Gasteiger partial charge >= 0.3 is 5.97 Å². The number of nitrogens with one attached hydrogen (secondary N) is 2. The number of esters is 1. The molecular weight excluding hydrogens is 570 g/mol. The summed E-state index contributed by atoms with van der Waals surface area (Å²) in [4.78, 5) is 26.6. The molecule has 0 spiro atoms. The summed E-state index contributed by atoms with van der Waals surface area (Å²) < 4.78 is 17.0. The molecule has 0 aliphatic heterocycles. The smallest absolute Gasteiger partial charge is 0.337 e. The van der Waals surface area contributed by atoms with Crippen molar-refractivity contribution < 1.29 is 13.9 Å². The minimum Gasteiger partial charge on any atom is -0.465 e. The molecule has 12 nitrogen and oxygen atoms in total. The van der Waals surface area contributed by atoms with E-state index in [1.54, 1.807) is 6.07 Å². The van der Waals surface area contributed by atoms with E-state index in [0.29, 0.717) is 48.3 Å². The molecule has 0 bridgehead atoms. The van der Waals surface area contributed by atoms with Gasteiger partial charge in [-0.05, 0) is 57.0 Å². The first kappa shape index (κ1) is 29.7. The first-order valence-corrected chi connectivity index (χ1v) is 15.0. The van der Waals surface area contributed by atoms with E-state index in [-0.39, 0.29) is 0 Å². The molecule has 0 fully saturated rings. The number of hydrogen-bond acceptors (Lipinski definition) is 9. The molecule has 0 atom stereocenters. The van der Waals surface area contributed by atoms with Crippen LogP contribution in [0.4, 0.5) is 23.6 Å². The number of imidazole rings is 2. The number of carbonyl (C=O) groups is 1. The number of oxazole rings is 1. The maximum atomic E-state index is 12.4. The van der Waals surface area contributed by atoms with E-state index in [9.17, 15) is 4.79 Å². The molecule has 4 heterocycles. The second-order valence-electron chi connectivity index (χ2n) is 10.8. The van der Waals surface area contributed by atoms with Crippen molar-refractivity contribution in [3.63, 3.8) is 0 Å². The fourth-order valence-electron chi connectivity index (χ4n) is 5.61. The van der Waals surface area contributed by atoms with E-state index >= 15 is 0 Å². The minimum absolute atomic E-state index is 0.405. The summed E-state index contributed by atoms with van der Waals surface area (Å²) in [6.45, 7) is 11.7. The molecule has 12 heteroatoms. The highest BCUT2D eigenvalue weighted by Gasteiger charge is 2.19. The lowest BCUT2D eigenvalue weighted by atomic mass is 10.1. The summed E-state index contributed by atoms with van der Waals surface area (Å²) >= 11 is 0. The van der Waals surface area contributed by atoms with Crippen molar-refractivity contribution in [1.82, 2.24) is 33.9 Å². The molecule has 0 aliphatic carbocycles. The van der Waals surface area contributed by atoms with Crippen LogP contribution in [-0.2, 0) is 30.8 Å². The zero-order valence-corrected chi connectivity index (χ0v) is 26.4. The highest BCUT2D eigenvalue weighted by Crippen LogP contribution is 2.29. The standard InChI is InChI=1S/C33H37N9O3/c1-7-24-30(45-22(5)34-24)38-33-36-26-19-23(31(43)44-6)17-20(3)29(26)41(33)16-12-11-15-40-27-14-10-9-13-25(27)35-32(40)37-28-18-21(4)39-42(28)8-2/h9-14,17-19H,7-8,15-16H2,1-6H3,(H,35,37)(H,36,38)/b12-11+. The van der Waals surface area contributed by atoms with Gasteiger partial charge in [0.15, 0.2) is 5.89 Å². The number of aromatic nitrogens is 7. The van der Waals surface area contributed by atoms with Gasteiger partial charge in [-0.25, -0.2) is 24.4 Å². The van der Waals surface area contributed by atoms with Gasteiger partial charge in [0, 0.05) is 32.6 Å². The van der Waals surface area contributed by atoms with Crippen molar-refractivity contribution in [1.29, 1.82) is 0 Å². The molecule has 2 N–H and O–H groups in total. The molecule has 45 heavy (non-hydrogen) atoms. The lowest BCUT2D eigenvalue weighted by Crippen LogP contribution is -2.08. The summed E-state index contributed by atoms with van der Waals surface area (Å²) in [5.74, 6) is 2.96. The molecule has 0 saturated heterocycles. The summed E-state index contributed by atoms with van der Waals surface area (Å²) in [6, 6.07) is 13.7. The normalized spacial score (nSPS) is 11.7. The number of aryl methyl sites for hydroxylation is 5. The Balaban J connectivity index is 1.34. The maximum absolute atomic E-state index is 12.4. The van der Waals surface area contributed by atoms with Gasteiger partial charge in [0.2, 0.25) is 17.8 Å². The van der Waals surface area contributed by atoms with Crippen LogP contribution in [0.1, 0.15) is 47.0 Å². The number of allylic oxidation sites excluding steroid dienone is 2. The van der Waals surface area contributed by atoms with Crippen molar-refractivity contribution in [2.75, 3.05) is 17.7 Å². The molecule has 6 rings (SSSR count). The van der Waals surface area contributed by atoms with E-state index in [4.69, 9.17) is 19.1 Å². The van der Waals surface area contributed by atoms with E-state index < -0.39 is 5.97 Å². The third-order valence-electron chi connectivity index (χ3n) is 7.66. The maximum Gasteiger partial charge on any atom is 0.337 e. The highest BCUT2D eigenvalue weighted by molar-refractivity contribution is 5.95. The molecule has 232 valence electrons. The molecule has 0 aliphatic rings. The molecule has 0 unspecified atom stereocenters. The number of fused-ring (bicyclic) bond motifs is 2. The van der Waals surface area contributed by atoms with Gasteiger partial charge < -0.3 is 23.6 Å². The average molecular weight is 608 g/mol. The average Bonchev–Trinajstić information content (AvgIpc) is 3.77. The quantitative estimate of drug-likeness (QED) is 0.123. The number of methoxy groups -OCH3 is 1. The van der Waals surface area contributed by atoms with Crippen molar-refractivity contribution in [3.8, 4) is 0 Å². The summed E-state index contributed by atoms with van der Waals surface area (Å²) in [5, 5.41) is 11.4. The van der Waals surface area contributed by atoms with Crippen LogP contribution < -0.4 is 10.6 Å². The van der Waals surface area contributed by atoms with Crippen LogP contribution in [0.2, 0.25) is 0 Å². The third kappa shape index (κ3) is 5.78. The Morgan fingerprint density at radius 2 is 1.67 bits per heavy atom. The van der Waals surface area contributed by atoms with Crippen LogP contribution in [0.3, 0.4) is 0 Å². The van der Waals surface area contributed by atoms with Gasteiger partial charge in [-0.2, -0.15) is 5.10 Å². The predicted octanol–water partition coefficient (Wildman–Crippen LogP) is 6.61. The van der Waals surface area contributed by atoms with Crippen molar-refractivity contribution in [2.45, 2.75) is 60.7 Å². The van der Waals surface area contributed by atoms with Crippen molar-refractivity contribution >= 4 is 51.6 Å². The zero-order valence-electron chi connectivity index (χ0n) is 26.4. The number of para-hydroxylation sites is 2. The van der Waals surface area contributed by atoms with Gasteiger partial charge in [-0.3, -0.25) is 5.32 Å². The van der Waals surface area contributed by atoms with Gasteiger partial charge in [-0.15, -0.1) is 0 Å². The largest absolute Gasteiger partial charge is 0.465 e. The molecule has 4 aromatic heterocycles. The van der Waals surface area contributed by atoms with Gasteiger partial charge in [0.05, 0.1) is 40.4 Å².